The molecule has 0 spiro atoms. The molecule has 0 amide bonds. The second-order valence-electron chi connectivity index (χ2n) is 5.86. The predicted octanol–water partition coefficient (Wildman–Crippen LogP) is 3.08. The fraction of sp³-hybridized carbons (Fsp3) is 0.471. The average Bonchev–Trinajstić information content (AvgIpc) is 2.92. The van der Waals surface area contributed by atoms with Crippen LogP contribution in [0.5, 0.6) is 0 Å². The van der Waals surface area contributed by atoms with E-state index in [9.17, 15) is 9.90 Å². The summed E-state index contributed by atoms with van der Waals surface area (Å²) in [6.07, 6.45) is 3.15. The minimum Gasteiger partial charge on any atom is -0.476 e. The number of carboxylic acids is 1. The summed E-state index contributed by atoms with van der Waals surface area (Å²) < 4.78 is 1.69. The van der Waals surface area contributed by atoms with Crippen LogP contribution in [-0.4, -0.2) is 39.2 Å². The standard InChI is InChI=1S/C17H22N4O2/c1-3-20(4-2)13-8-10-14(11-9-13)21-16(12-6-5-7-12)15(17(22)23)18-19-21/h8-12H,3-7H2,1-2H3,(H,22,23). The van der Waals surface area contributed by atoms with E-state index in [0.29, 0.717) is 0 Å². The number of carboxylic acid groups (broad SMARTS) is 1. The van der Waals surface area contributed by atoms with E-state index in [4.69, 9.17) is 0 Å². The third-order valence-corrected chi connectivity index (χ3v) is 4.62. The molecule has 6 heteroatoms. The second kappa shape index (κ2) is 6.40. The Hall–Kier alpha value is -2.37. The van der Waals surface area contributed by atoms with E-state index in [2.05, 4.69) is 41.2 Å². The SMILES string of the molecule is CCN(CC)c1ccc(-n2nnc(C(=O)O)c2C2CCC2)cc1. The van der Waals surface area contributed by atoms with Crippen LogP contribution in [0.4, 0.5) is 5.69 Å². The molecule has 2 aromatic rings. The number of nitrogens with zero attached hydrogens (tertiary/aromatic N) is 4. The highest BCUT2D eigenvalue weighted by atomic mass is 16.4. The Kier molecular flexibility index (Phi) is 4.32. The maximum absolute atomic E-state index is 11.4. The first-order chi connectivity index (χ1) is 11.2. The van der Waals surface area contributed by atoms with Crippen molar-refractivity contribution in [3.05, 3.63) is 35.7 Å². The van der Waals surface area contributed by atoms with Crippen molar-refractivity contribution in [3.63, 3.8) is 0 Å². The van der Waals surface area contributed by atoms with Crippen LogP contribution < -0.4 is 4.90 Å². The molecule has 0 aliphatic heterocycles. The van der Waals surface area contributed by atoms with Gasteiger partial charge in [-0.1, -0.05) is 11.6 Å². The lowest BCUT2D eigenvalue weighted by Crippen LogP contribution is -2.21. The minimum absolute atomic E-state index is 0.0857. The number of anilines is 1. The van der Waals surface area contributed by atoms with Gasteiger partial charge in [-0.05, 0) is 51.0 Å². The average molecular weight is 314 g/mol. The zero-order chi connectivity index (χ0) is 16.4. The summed E-state index contributed by atoms with van der Waals surface area (Å²) in [6, 6.07) is 8.07. The van der Waals surface area contributed by atoms with Gasteiger partial charge in [-0.25, -0.2) is 9.48 Å². The molecule has 0 bridgehead atoms. The summed E-state index contributed by atoms with van der Waals surface area (Å²) in [5.74, 6) is -0.753. The van der Waals surface area contributed by atoms with Gasteiger partial charge in [0.15, 0.2) is 5.69 Å². The molecule has 3 rings (SSSR count). The van der Waals surface area contributed by atoms with Crippen molar-refractivity contribution >= 4 is 11.7 Å². The normalized spacial score (nSPS) is 14.5. The summed E-state index contributed by atoms with van der Waals surface area (Å²) in [6.45, 7) is 6.16. The minimum atomic E-state index is -1.00. The lowest BCUT2D eigenvalue weighted by atomic mass is 9.82. The molecule has 1 aliphatic rings. The highest BCUT2D eigenvalue weighted by molar-refractivity contribution is 5.87. The smallest absolute Gasteiger partial charge is 0.358 e. The lowest BCUT2D eigenvalue weighted by Gasteiger charge is -2.26. The van der Waals surface area contributed by atoms with Crippen LogP contribution in [-0.2, 0) is 0 Å². The number of rotatable bonds is 6. The maximum Gasteiger partial charge on any atom is 0.358 e. The lowest BCUT2D eigenvalue weighted by molar-refractivity contribution is 0.0687. The van der Waals surface area contributed by atoms with Crippen molar-refractivity contribution < 1.29 is 9.90 Å². The molecule has 1 saturated carbocycles. The van der Waals surface area contributed by atoms with Gasteiger partial charge in [-0.15, -0.1) is 5.10 Å². The quantitative estimate of drug-likeness (QED) is 0.887. The Morgan fingerprint density at radius 1 is 1.26 bits per heavy atom. The van der Waals surface area contributed by atoms with Crippen molar-refractivity contribution in [2.75, 3.05) is 18.0 Å². The molecule has 23 heavy (non-hydrogen) atoms. The maximum atomic E-state index is 11.4. The molecule has 1 heterocycles. The van der Waals surface area contributed by atoms with Gasteiger partial charge in [0.2, 0.25) is 0 Å². The molecule has 1 aromatic heterocycles. The van der Waals surface area contributed by atoms with Gasteiger partial charge < -0.3 is 10.0 Å². The van der Waals surface area contributed by atoms with Crippen molar-refractivity contribution in [3.8, 4) is 5.69 Å². The molecule has 1 N–H and O–H groups in total. The van der Waals surface area contributed by atoms with Gasteiger partial charge in [-0.3, -0.25) is 0 Å². The third-order valence-electron chi connectivity index (χ3n) is 4.62. The van der Waals surface area contributed by atoms with Gasteiger partial charge in [-0.2, -0.15) is 0 Å². The first kappa shape index (κ1) is 15.5. The molecule has 1 aromatic carbocycles. The molecule has 0 unspecified atom stereocenters. The predicted molar refractivity (Wildman–Crippen MR) is 88.5 cm³/mol. The second-order valence-corrected chi connectivity index (χ2v) is 5.86. The molecule has 6 nitrogen and oxygen atoms in total. The van der Waals surface area contributed by atoms with Crippen molar-refractivity contribution in [1.29, 1.82) is 0 Å². The molecular formula is C17H22N4O2. The Labute approximate surface area is 135 Å². The van der Waals surface area contributed by atoms with E-state index < -0.39 is 5.97 Å². The van der Waals surface area contributed by atoms with Crippen LogP contribution in [0.15, 0.2) is 24.3 Å². The number of aromatic nitrogens is 3. The summed E-state index contributed by atoms with van der Waals surface area (Å²) in [5.41, 5.74) is 2.84. The van der Waals surface area contributed by atoms with E-state index in [1.165, 1.54) is 0 Å². The van der Waals surface area contributed by atoms with Gasteiger partial charge in [0, 0.05) is 24.7 Å². The van der Waals surface area contributed by atoms with E-state index in [1.54, 1.807) is 4.68 Å². The van der Waals surface area contributed by atoms with Gasteiger partial charge in [0.05, 0.1) is 11.4 Å². The molecule has 0 radical (unpaired) electrons. The van der Waals surface area contributed by atoms with Crippen molar-refractivity contribution in [2.24, 2.45) is 0 Å². The molecule has 0 saturated heterocycles. The monoisotopic (exact) mass is 314 g/mol. The Morgan fingerprint density at radius 2 is 1.91 bits per heavy atom. The van der Waals surface area contributed by atoms with E-state index in [1.807, 2.05) is 12.1 Å². The fourth-order valence-corrected chi connectivity index (χ4v) is 3.07. The van der Waals surface area contributed by atoms with Crippen LogP contribution >= 0.6 is 0 Å². The van der Waals surface area contributed by atoms with Gasteiger partial charge >= 0.3 is 5.97 Å². The van der Waals surface area contributed by atoms with Crippen molar-refractivity contribution in [2.45, 2.75) is 39.0 Å². The summed E-state index contributed by atoms with van der Waals surface area (Å²) in [7, 11) is 0. The van der Waals surface area contributed by atoms with Gasteiger partial charge in [0.25, 0.3) is 0 Å². The van der Waals surface area contributed by atoms with Crippen LogP contribution in [0, 0.1) is 0 Å². The van der Waals surface area contributed by atoms with Crippen LogP contribution in [0.2, 0.25) is 0 Å². The van der Waals surface area contributed by atoms with Gasteiger partial charge in [0.1, 0.15) is 0 Å². The number of aromatic carboxylic acids is 1. The van der Waals surface area contributed by atoms with Crippen LogP contribution in [0.3, 0.4) is 0 Å². The van der Waals surface area contributed by atoms with Crippen LogP contribution in [0.1, 0.15) is 55.2 Å². The number of benzene rings is 1. The summed E-state index contributed by atoms with van der Waals surface area (Å²) in [4.78, 5) is 13.7. The number of hydrogen-bond acceptors (Lipinski definition) is 4. The highest BCUT2D eigenvalue weighted by Crippen LogP contribution is 2.38. The highest BCUT2D eigenvalue weighted by Gasteiger charge is 2.31. The number of hydrogen-bond donors (Lipinski definition) is 1. The van der Waals surface area contributed by atoms with E-state index in [-0.39, 0.29) is 11.6 Å². The zero-order valence-electron chi connectivity index (χ0n) is 13.6. The molecule has 1 aliphatic carbocycles. The molecule has 0 atom stereocenters. The third kappa shape index (κ3) is 2.81. The molecular weight excluding hydrogens is 292 g/mol. The Morgan fingerprint density at radius 3 is 2.39 bits per heavy atom. The number of carbonyl (C=O) groups is 1. The largest absolute Gasteiger partial charge is 0.476 e. The first-order valence-corrected chi connectivity index (χ1v) is 8.20. The van der Waals surface area contributed by atoms with Crippen molar-refractivity contribution in [1.82, 2.24) is 15.0 Å². The molecule has 1 fully saturated rings. The molecule has 122 valence electrons. The zero-order valence-corrected chi connectivity index (χ0v) is 13.6. The summed E-state index contributed by atoms with van der Waals surface area (Å²) >= 11 is 0. The first-order valence-electron chi connectivity index (χ1n) is 8.20. The fourth-order valence-electron chi connectivity index (χ4n) is 3.07. The Balaban J connectivity index is 1.97. The van der Waals surface area contributed by atoms with E-state index >= 15 is 0 Å². The van der Waals surface area contributed by atoms with Crippen LogP contribution in [0.25, 0.3) is 5.69 Å². The van der Waals surface area contributed by atoms with E-state index in [0.717, 1.165) is 49.4 Å². The summed E-state index contributed by atoms with van der Waals surface area (Å²) in [5, 5.41) is 17.3. The Bertz CT molecular complexity index is 685. The topological polar surface area (TPSA) is 71.2 Å².